The van der Waals surface area contributed by atoms with Crippen LogP contribution in [0.3, 0.4) is 0 Å². The van der Waals surface area contributed by atoms with Gasteiger partial charge >= 0.3 is 0 Å². The van der Waals surface area contributed by atoms with E-state index >= 15 is 0 Å². The van der Waals surface area contributed by atoms with Crippen LogP contribution in [0.1, 0.15) is 33.1 Å². The van der Waals surface area contributed by atoms with Crippen LogP contribution in [0.25, 0.3) is 0 Å². The summed E-state index contributed by atoms with van der Waals surface area (Å²) in [5, 5.41) is 0. The van der Waals surface area contributed by atoms with Gasteiger partial charge < -0.3 is 5.73 Å². The van der Waals surface area contributed by atoms with Gasteiger partial charge in [0.05, 0.1) is 0 Å². The van der Waals surface area contributed by atoms with Crippen molar-refractivity contribution >= 4 is 0 Å². The fourth-order valence-corrected chi connectivity index (χ4v) is 2.29. The van der Waals surface area contributed by atoms with E-state index in [1.807, 2.05) is 0 Å². The van der Waals surface area contributed by atoms with Gasteiger partial charge in [-0.1, -0.05) is 11.6 Å². The molecule has 76 valence electrons. The van der Waals surface area contributed by atoms with Crippen molar-refractivity contribution in [3.8, 4) is 0 Å². The van der Waals surface area contributed by atoms with Crippen molar-refractivity contribution in [3.63, 3.8) is 0 Å². The highest BCUT2D eigenvalue weighted by Crippen LogP contribution is 2.28. The van der Waals surface area contributed by atoms with E-state index in [1.54, 1.807) is 0 Å². The maximum atomic E-state index is 5.58. The molecule has 2 heteroatoms. The Morgan fingerprint density at radius 1 is 1.54 bits per heavy atom. The third-order valence-electron chi connectivity index (χ3n) is 3.32. The number of nitrogens with two attached hydrogens (primary N) is 1. The highest BCUT2D eigenvalue weighted by atomic mass is 15.2. The van der Waals surface area contributed by atoms with E-state index in [4.69, 9.17) is 5.73 Å². The van der Waals surface area contributed by atoms with Crippen LogP contribution in [0.15, 0.2) is 11.6 Å². The lowest BCUT2D eigenvalue weighted by Gasteiger charge is -2.26. The second-order valence-corrected chi connectivity index (χ2v) is 4.02. The summed E-state index contributed by atoms with van der Waals surface area (Å²) in [5.41, 5.74) is 7.09. The highest BCUT2D eigenvalue weighted by Gasteiger charge is 2.29. The number of likely N-dealkylation sites (N-methyl/N-ethyl adjacent to an activating group) is 1. The molecule has 0 bridgehead atoms. The van der Waals surface area contributed by atoms with Gasteiger partial charge in [0.25, 0.3) is 0 Å². The van der Waals surface area contributed by atoms with Gasteiger partial charge in [0.15, 0.2) is 0 Å². The summed E-state index contributed by atoms with van der Waals surface area (Å²) in [6.07, 6.45) is 5.98. The molecule has 2 atom stereocenters. The van der Waals surface area contributed by atoms with Crippen LogP contribution >= 0.6 is 0 Å². The summed E-state index contributed by atoms with van der Waals surface area (Å²) >= 11 is 0. The molecule has 1 aliphatic heterocycles. The smallest absolute Gasteiger partial charge is 0.0305 e. The lowest BCUT2D eigenvalue weighted by molar-refractivity contribution is 0.254. The fraction of sp³-hybridized carbons (Fsp3) is 0.818. The van der Waals surface area contributed by atoms with Crippen molar-refractivity contribution in [1.82, 2.24) is 4.90 Å². The molecule has 0 aromatic heterocycles. The lowest BCUT2D eigenvalue weighted by atomic mass is 10.1. The van der Waals surface area contributed by atoms with Gasteiger partial charge in [-0.2, -0.15) is 0 Å². The minimum atomic E-state index is 0.668. The molecule has 0 saturated carbocycles. The van der Waals surface area contributed by atoms with Crippen LogP contribution in [0, 0.1) is 0 Å². The quantitative estimate of drug-likeness (QED) is 0.674. The summed E-state index contributed by atoms with van der Waals surface area (Å²) < 4.78 is 0. The average molecular weight is 182 g/mol. The van der Waals surface area contributed by atoms with Crippen LogP contribution in [0.5, 0.6) is 0 Å². The zero-order valence-electron chi connectivity index (χ0n) is 9.09. The van der Waals surface area contributed by atoms with E-state index in [1.165, 1.54) is 18.4 Å². The largest absolute Gasteiger partial charge is 0.330 e. The van der Waals surface area contributed by atoms with E-state index in [9.17, 15) is 0 Å². The fourth-order valence-electron chi connectivity index (χ4n) is 2.29. The SMILES string of the molecule is CC=C(C)C1CCC(CCN)N1C. The maximum absolute atomic E-state index is 5.58. The van der Waals surface area contributed by atoms with Crippen LogP contribution in [0.2, 0.25) is 0 Å². The molecule has 1 fully saturated rings. The molecule has 0 aromatic carbocycles. The van der Waals surface area contributed by atoms with Gasteiger partial charge in [0, 0.05) is 12.1 Å². The van der Waals surface area contributed by atoms with Gasteiger partial charge in [0.1, 0.15) is 0 Å². The third kappa shape index (κ3) is 2.32. The van der Waals surface area contributed by atoms with Crippen molar-refractivity contribution in [1.29, 1.82) is 0 Å². The molecule has 0 amide bonds. The third-order valence-corrected chi connectivity index (χ3v) is 3.32. The van der Waals surface area contributed by atoms with Crippen molar-refractivity contribution in [2.24, 2.45) is 5.73 Å². The van der Waals surface area contributed by atoms with Crippen LogP contribution in [-0.4, -0.2) is 30.6 Å². The van der Waals surface area contributed by atoms with Crippen LogP contribution in [-0.2, 0) is 0 Å². The average Bonchev–Trinajstić information content (AvgIpc) is 2.48. The van der Waals surface area contributed by atoms with E-state index in [0.29, 0.717) is 12.1 Å². The number of nitrogens with zero attached hydrogens (tertiary/aromatic N) is 1. The van der Waals surface area contributed by atoms with Gasteiger partial charge in [-0.15, -0.1) is 0 Å². The lowest BCUT2D eigenvalue weighted by Crippen LogP contribution is -2.34. The van der Waals surface area contributed by atoms with Gasteiger partial charge in [-0.05, 0) is 46.7 Å². The molecular formula is C11H22N2. The highest BCUT2D eigenvalue weighted by molar-refractivity contribution is 5.10. The topological polar surface area (TPSA) is 29.3 Å². The first-order valence-corrected chi connectivity index (χ1v) is 5.25. The Kier molecular flexibility index (Phi) is 3.94. The second-order valence-electron chi connectivity index (χ2n) is 4.02. The standard InChI is InChI=1S/C11H22N2/c1-4-9(2)11-6-5-10(7-8-12)13(11)3/h4,10-11H,5-8,12H2,1-3H3. The van der Waals surface area contributed by atoms with Crippen molar-refractivity contribution in [3.05, 3.63) is 11.6 Å². The first-order chi connectivity index (χ1) is 6.20. The predicted octanol–water partition coefficient (Wildman–Crippen LogP) is 1.76. The Labute approximate surface area is 81.8 Å². The van der Waals surface area contributed by atoms with Gasteiger partial charge in [-0.3, -0.25) is 4.90 Å². The number of likely N-dealkylation sites (tertiary alicyclic amines) is 1. The zero-order valence-corrected chi connectivity index (χ0v) is 9.09. The molecule has 1 saturated heterocycles. The number of hydrogen-bond donors (Lipinski definition) is 1. The van der Waals surface area contributed by atoms with E-state index in [0.717, 1.165) is 13.0 Å². The molecule has 0 radical (unpaired) electrons. The first-order valence-electron chi connectivity index (χ1n) is 5.25. The van der Waals surface area contributed by atoms with Crippen LogP contribution < -0.4 is 5.73 Å². The monoisotopic (exact) mass is 182 g/mol. The number of rotatable bonds is 3. The Morgan fingerprint density at radius 2 is 2.23 bits per heavy atom. The summed E-state index contributed by atoms with van der Waals surface area (Å²) in [7, 11) is 2.23. The van der Waals surface area contributed by atoms with Gasteiger partial charge in [0.2, 0.25) is 0 Å². The maximum Gasteiger partial charge on any atom is 0.0305 e. The first kappa shape index (κ1) is 10.7. The minimum absolute atomic E-state index is 0.668. The van der Waals surface area contributed by atoms with E-state index in [2.05, 4.69) is 31.9 Å². The Bertz CT molecular complexity index is 187. The predicted molar refractivity (Wildman–Crippen MR) is 57.7 cm³/mol. The number of allylic oxidation sites excluding steroid dienone is 1. The molecule has 1 aliphatic rings. The molecule has 1 heterocycles. The van der Waals surface area contributed by atoms with Gasteiger partial charge in [-0.25, -0.2) is 0 Å². The summed E-state index contributed by atoms with van der Waals surface area (Å²) in [6, 6.07) is 1.38. The Morgan fingerprint density at radius 3 is 2.77 bits per heavy atom. The number of hydrogen-bond acceptors (Lipinski definition) is 2. The molecule has 1 rings (SSSR count). The molecule has 0 spiro atoms. The summed E-state index contributed by atoms with van der Waals surface area (Å²) in [6.45, 7) is 5.17. The van der Waals surface area contributed by atoms with Crippen molar-refractivity contribution in [2.75, 3.05) is 13.6 Å². The minimum Gasteiger partial charge on any atom is -0.330 e. The summed E-state index contributed by atoms with van der Waals surface area (Å²) in [5.74, 6) is 0. The molecular weight excluding hydrogens is 160 g/mol. The normalized spacial score (nSPS) is 31.2. The van der Waals surface area contributed by atoms with Crippen molar-refractivity contribution in [2.45, 2.75) is 45.2 Å². The molecule has 2 nitrogen and oxygen atoms in total. The molecule has 0 aromatic rings. The summed E-state index contributed by atoms with van der Waals surface area (Å²) in [4.78, 5) is 2.49. The molecule has 13 heavy (non-hydrogen) atoms. The molecule has 2 N–H and O–H groups in total. The Hall–Kier alpha value is -0.340. The second kappa shape index (κ2) is 4.77. The van der Waals surface area contributed by atoms with Crippen molar-refractivity contribution < 1.29 is 0 Å². The molecule has 2 unspecified atom stereocenters. The van der Waals surface area contributed by atoms with Crippen LogP contribution in [0.4, 0.5) is 0 Å². The van der Waals surface area contributed by atoms with E-state index < -0.39 is 0 Å². The zero-order chi connectivity index (χ0) is 9.84. The Balaban J connectivity index is 2.54. The molecule has 0 aliphatic carbocycles. The van der Waals surface area contributed by atoms with E-state index in [-0.39, 0.29) is 0 Å².